The van der Waals surface area contributed by atoms with Crippen LogP contribution in [0.4, 0.5) is 11.4 Å². The van der Waals surface area contributed by atoms with E-state index in [1.807, 2.05) is 31.2 Å². The summed E-state index contributed by atoms with van der Waals surface area (Å²) in [4.78, 5) is 17.4. The lowest BCUT2D eigenvalue weighted by atomic mass is 10.1. The van der Waals surface area contributed by atoms with Crippen molar-refractivity contribution >= 4 is 62.1 Å². The first kappa shape index (κ1) is 23.8. The molecule has 1 aliphatic heterocycles. The predicted molar refractivity (Wildman–Crippen MR) is 135 cm³/mol. The number of likely N-dealkylation sites (N-methyl/N-ethyl adjacent to an activating group) is 1. The molecular formula is C22H26BrClN4O2S. The number of benzene rings is 2. The van der Waals surface area contributed by atoms with Gasteiger partial charge in [0.25, 0.3) is 5.91 Å². The van der Waals surface area contributed by atoms with Gasteiger partial charge in [0, 0.05) is 36.3 Å². The second-order valence-corrected chi connectivity index (χ2v) is 9.03. The van der Waals surface area contributed by atoms with E-state index < -0.39 is 0 Å². The second kappa shape index (κ2) is 10.6. The summed E-state index contributed by atoms with van der Waals surface area (Å²) < 4.78 is 6.17. The molecule has 1 heterocycles. The Morgan fingerprint density at radius 1 is 1.23 bits per heavy atom. The van der Waals surface area contributed by atoms with Gasteiger partial charge in [-0.1, -0.05) is 34.5 Å². The molecule has 2 N–H and O–H groups in total. The molecule has 0 unspecified atom stereocenters. The van der Waals surface area contributed by atoms with Gasteiger partial charge in [0.15, 0.2) is 5.11 Å². The zero-order valence-electron chi connectivity index (χ0n) is 17.8. The molecule has 166 valence electrons. The van der Waals surface area contributed by atoms with Crippen LogP contribution in [-0.2, 0) is 0 Å². The lowest BCUT2D eigenvalue weighted by Crippen LogP contribution is -2.46. The quantitative estimate of drug-likeness (QED) is 0.553. The average Bonchev–Trinajstić information content (AvgIpc) is 2.73. The molecule has 31 heavy (non-hydrogen) atoms. The van der Waals surface area contributed by atoms with Crippen molar-refractivity contribution in [3.8, 4) is 5.75 Å². The molecule has 2 aromatic rings. The molecule has 0 aliphatic carbocycles. The van der Waals surface area contributed by atoms with E-state index in [9.17, 15) is 4.79 Å². The number of carbonyl (C=O) groups excluding carboxylic acids is 1. The Bertz CT molecular complexity index is 980. The summed E-state index contributed by atoms with van der Waals surface area (Å²) in [6.07, 6.45) is 0. The monoisotopic (exact) mass is 524 g/mol. The lowest BCUT2D eigenvalue weighted by Gasteiger charge is -2.36. The predicted octanol–water partition coefficient (Wildman–Crippen LogP) is 4.69. The van der Waals surface area contributed by atoms with Crippen molar-refractivity contribution in [2.45, 2.75) is 13.8 Å². The minimum absolute atomic E-state index is 0.185. The third-order valence-corrected chi connectivity index (χ3v) is 6.25. The lowest BCUT2D eigenvalue weighted by molar-refractivity contribution is 0.0974. The van der Waals surface area contributed by atoms with E-state index in [2.05, 4.69) is 43.3 Å². The van der Waals surface area contributed by atoms with E-state index in [0.29, 0.717) is 22.0 Å². The average molecular weight is 526 g/mol. The van der Waals surface area contributed by atoms with Gasteiger partial charge in [-0.05, 0) is 61.6 Å². The SMILES string of the molecule is CCN1CCN(c2ccc(NC(=S)NC(=O)c3cc(Br)cc(C)c3OC)cc2Cl)CC1. The highest BCUT2D eigenvalue weighted by Crippen LogP contribution is 2.30. The number of nitrogens with one attached hydrogen (secondary N) is 2. The smallest absolute Gasteiger partial charge is 0.261 e. The first-order valence-corrected chi connectivity index (χ1v) is 11.6. The number of nitrogens with zero attached hydrogens (tertiary/aromatic N) is 2. The van der Waals surface area contributed by atoms with Gasteiger partial charge in [-0.15, -0.1) is 0 Å². The van der Waals surface area contributed by atoms with E-state index in [1.54, 1.807) is 6.07 Å². The van der Waals surface area contributed by atoms with Crippen molar-refractivity contribution in [1.82, 2.24) is 10.2 Å². The Kier molecular flexibility index (Phi) is 8.16. The molecule has 0 aromatic heterocycles. The number of carbonyl (C=O) groups is 1. The van der Waals surface area contributed by atoms with Gasteiger partial charge in [-0.3, -0.25) is 10.1 Å². The third-order valence-electron chi connectivity index (χ3n) is 5.28. The molecule has 6 nitrogen and oxygen atoms in total. The van der Waals surface area contributed by atoms with Gasteiger partial charge in [-0.25, -0.2) is 0 Å². The molecule has 1 aliphatic rings. The zero-order valence-corrected chi connectivity index (χ0v) is 21.0. The van der Waals surface area contributed by atoms with E-state index in [1.165, 1.54) is 7.11 Å². The Morgan fingerprint density at radius 2 is 1.94 bits per heavy atom. The van der Waals surface area contributed by atoms with Gasteiger partial charge in [0.1, 0.15) is 5.75 Å². The highest BCUT2D eigenvalue weighted by molar-refractivity contribution is 9.10. The van der Waals surface area contributed by atoms with Gasteiger partial charge < -0.3 is 19.9 Å². The molecule has 0 spiro atoms. The van der Waals surface area contributed by atoms with Crippen molar-refractivity contribution in [1.29, 1.82) is 0 Å². The van der Waals surface area contributed by atoms with Gasteiger partial charge in [-0.2, -0.15) is 0 Å². The van der Waals surface area contributed by atoms with E-state index in [-0.39, 0.29) is 11.0 Å². The maximum Gasteiger partial charge on any atom is 0.261 e. The van der Waals surface area contributed by atoms with E-state index in [4.69, 9.17) is 28.6 Å². The maximum atomic E-state index is 12.7. The molecule has 1 fully saturated rings. The van der Waals surface area contributed by atoms with Gasteiger partial charge in [0.2, 0.25) is 0 Å². The minimum atomic E-state index is -0.352. The summed E-state index contributed by atoms with van der Waals surface area (Å²) in [6.45, 7) is 9.08. The molecule has 1 saturated heterocycles. The number of piperazine rings is 1. The van der Waals surface area contributed by atoms with Crippen LogP contribution >= 0.6 is 39.7 Å². The van der Waals surface area contributed by atoms with Crippen LogP contribution in [0, 0.1) is 6.92 Å². The van der Waals surface area contributed by atoms with Gasteiger partial charge in [0.05, 0.1) is 23.4 Å². The zero-order chi connectivity index (χ0) is 22.5. The summed E-state index contributed by atoms with van der Waals surface area (Å²) in [5.41, 5.74) is 2.97. The number of ether oxygens (including phenoxy) is 1. The second-order valence-electron chi connectivity index (χ2n) is 7.30. The first-order valence-electron chi connectivity index (χ1n) is 10.1. The molecule has 1 amide bonds. The fraction of sp³-hybridized carbons (Fsp3) is 0.364. The Hall–Kier alpha value is -1.87. The van der Waals surface area contributed by atoms with Crippen molar-refractivity contribution in [3.05, 3.63) is 51.0 Å². The summed E-state index contributed by atoms with van der Waals surface area (Å²) in [7, 11) is 1.54. The molecule has 0 saturated carbocycles. The maximum absolute atomic E-state index is 12.7. The number of aryl methyl sites for hydroxylation is 1. The summed E-state index contributed by atoms with van der Waals surface area (Å²) in [5, 5.41) is 6.57. The van der Waals surface area contributed by atoms with Crippen molar-refractivity contribution in [2.75, 3.05) is 50.1 Å². The molecule has 9 heteroatoms. The Morgan fingerprint density at radius 3 is 2.55 bits per heavy atom. The number of rotatable bonds is 5. The van der Waals surface area contributed by atoms with Crippen LogP contribution < -0.4 is 20.3 Å². The molecule has 0 radical (unpaired) electrons. The van der Waals surface area contributed by atoms with Crippen LogP contribution in [-0.4, -0.2) is 55.8 Å². The molecule has 0 bridgehead atoms. The van der Waals surface area contributed by atoms with Crippen LogP contribution in [0.15, 0.2) is 34.8 Å². The van der Waals surface area contributed by atoms with Crippen molar-refractivity contribution in [2.24, 2.45) is 0 Å². The van der Waals surface area contributed by atoms with Crippen LogP contribution in [0.1, 0.15) is 22.8 Å². The Labute approximate surface area is 202 Å². The van der Waals surface area contributed by atoms with Crippen molar-refractivity contribution < 1.29 is 9.53 Å². The number of hydrogen-bond acceptors (Lipinski definition) is 5. The molecule has 3 rings (SSSR count). The summed E-state index contributed by atoms with van der Waals surface area (Å²) in [6, 6.07) is 9.31. The van der Waals surface area contributed by atoms with Crippen LogP contribution in [0.25, 0.3) is 0 Å². The topological polar surface area (TPSA) is 56.8 Å². The highest BCUT2D eigenvalue weighted by Gasteiger charge is 2.19. The fourth-order valence-corrected chi connectivity index (χ4v) is 4.73. The molecule has 2 aromatic carbocycles. The summed E-state index contributed by atoms with van der Waals surface area (Å²) >= 11 is 15.3. The first-order chi connectivity index (χ1) is 14.8. The number of anilines is 2. The number of thiocarbonyl (C=S) groups is 1. The molecule has 0 atom stereocenters. The van der Waals surface area contributed by atoms with E-state index in [0.717, 1.165) is 48.4 Å². The largest absolute Gasteiger partial charge is 0.496 e. The van der Waals surface area contributed by atoms with Gasteiger partial charge >= 0.3 is 0 Å². The minimum Gasteiger partial charge on any atom is -0.496 e. The van der Waals surface area contributed by atoms with E-state index >= 15 is 0 Å². The standard InChI is InChI=1S/C22H26BrClN4O2S/c1-4-27-7-9-28(10-8-27)19-6-5-16(13-18(19)24)25-22(31)26-21(29)17-12-15(23)11-14(2)20(17)30-3/h5-6,11-13H,4,7-10H2,1-3H3,(H2,25,26,29,31). The van der Waals surface area contributed by atoms with Crippen LogP contribution in [0.5, 0.6) is 5.75 Å². The molecular weight excluding hydrogens is 500 g/mol. The highest BCUT2D eigenvalue weighted by atomic mass is 79.9. The number of amides is 1. The third kappa shape index (κ3) is 5.88. The number of hydrogen-bond donors (Lipinski definition) is 2. The fourth-order valence-electron chi connectivity index (χ4n) is 3.65. The van der Waals surface area contributed by atoms with Crippen LogP contribution in [0.3, 0.4) is 0 Å². The Balaban J connectivity index is 1.65. The number of halogens is 2. The van der Waals surface area contributed by atoms with Crippen LogP contribution in [0.2, 0.25) is 5.02 Å². The normalized spacial score (nSPS) is 14.3. The van der Waals surface area contributed by atoms with Crippen molar-refractivity contribution in [3.63, 3.8) is 0 Å². The summed E-state index contributed by atoms with van der Waals surface area (Å²) in [5.74, 6) is 0.161. The number of methoxy groups -OCH3 is 1.